The minimum absolute atomic E-state index is 0.115. The van der Waals surface area contributed by atoms with Crippen LogP contribution in [0.4, 0.5) is 11.4 Å². The molecule has 7 nitrogen and oxygen atoms in total. The van der Waals surface area contributed by atoms with E-state index in [1.54, 1.807) is 13.1 Å². The van der Waals surface area contributed by atoms with Crippen molar-refractivity contribution in [2.45, 2.75) is 20.4 Å². The Labute approximate surface area is 124 Å². The molecule has 1 aromatic heterocycles. The lowest BCUT2D eigenvalue weighted by atomic mass is 10.1. The van der Waals surface area contributed by atoms with Crippen molar-refractivity contribution in [2.24, 2.45) is 0 Å². The molecule has 21 heavy (non-hydrogen) atoms. The third-order valence-electron chi connectivity index (χ3n) is 2.95. The molecule has 1 heterocycles. The Morgan fingerprint density at radius 3 is 2.71 bits per heavy atom. The van der Waals surface area contributed by atoms with Gasteiger partial charge in [0.2, 0.25) is 0 Å². The van der Waals surface area contributed by atoms with E-state index >= 15 is 0 Å². The predicted molar refractivity (Wildman–Crippen MR) is 79.0 cm³/mol. The number of nitro benzene ring substituents is 1. The summed E-state index contributed by atoms with van der Waals surface area (Å²) in [6.07, 6.45) is 1.72. The summed E-state index contributed by atoms with van der Waals surface area (Å²) < 4.78 is 0. The number of nitro groups is 1. The van der Waals surface area contributed by atoms with E-state index in [1.165, 1.54) is 17.4 Å². The van der Waals surface area contributed by atoms with Gasteiger partial charge in [-0.2, -0.15) is 0 Å². The van der Waals surface area contributed by atoms with E-state index in [1.807, 2.05) is 6.92 Å². The molecule has 0 radical (unpaired) electrons. The van der Waals surface area contributed by atoms with Crippen LogP contribution in [0.5, 0.6) is 0 Å². The fourth-order valence-corrected chi connectivity index (χ4v) is 2.60. The van der Waals surface area contributed by atoms with Crippen molar-refractivity contribution in [3.63, 3.8) is 0 Å². The number of aryl methyl sites for hydroxylation is 1. The van der Waals surface area contributed by atoms with Crippen LogP contribution < -0.4 is 5.32 Å². The first-order valence-electron chi connectivity index (χ1n) is 6.06. The number of rotatable bonds is 5. The SMILES string of the molecule is Cc1ncc(CNc2cc(C(=O)O)cc([N+](=O)[O-])c2C)s1. The van der Waals surface area contributed by atoms with Crippen LogP contribution in [-0.2, 0) is 6.54 Å². The topological polar surface area (TPSA) is 105 Å². The number of carboxylic acid groups (broad SMARTS) is 1. The molecule has 2 rings (SSSR count). The molecule has 0 saturated carbocycles. The van der Waals surface area contributed by atoms with Crippen molar-refractivity contribution in [1.29, 1.82) is 0 Å². The van der Waals surface area contributed by atoms with Crippen molar-refractivity contribution in [2.75, 3.05) is 5.32 Å². The summed E-state index contributed by atoms with van der Waals surface area (Å²) in [5.41, 5.74) is 0.520. The van der Waals surface area contributed by atoms with Crippen molar-refractivity contribution in [1.82, 2.24) is 4.98 Å². The molecule has 0 saturated heterocycles. The molecule has 0 fully saturated rings. The van der Waals surface area contributed by atoms with Gasteiger partial charge in [-0.25, -0.2) is 9.78 Å². The Bertz CT molecular complexity index is 711. The zero-order valence-electron chi connectivity index (χ0n) is 11.4. The molecule has 0 amide bonds. The zero-order valence-corrected chi connectivity index (χ0v) is 12.2. The van der Waals surface area contributed by atoms with Crippen LogP contribution in [0.2, 0.25) is 0 Å². The van der Waals surface area contributed by atoms with E-state index in [9.17, 15) is 14.9 Å². The van der Waals surface area contributed by atoms with Crippen molar-refractivity contribution < 1.29 is 14.8 Å². The number of anilines is 1. The Balaban J connectivity index is 2.32. The summed E-state index contributed by atoms with van der Waals surface area (Å²) in [5, 5.41) is 24.0. The molecule has 0 aliphatic carbocycles. The normalized spacial score (nSPS) is 10.4. The van der Waals surface area contributed by atoms with Gasteiger partial charge in [-0.15, -0.1) is 11.3 Å². The number of nitrogens with zero attached hydrogens (tertiary/aromatic N) is 2. The zero-order chi connectivity index (χ0) is 15.6. The maximum Gasteiger partial charge on any atom is 0.336 e. The highest BCUT2D eigenvalue weighted by Crippen LogP contribution is 2.28. The van der Waals surface area contributed by atoms with E-state index < -0.39 is 10.9 Å². The number of hydrogen-bond acceptors (Lipinski definition) is 6. The lowest BCUT2D eigenvalue weighted by molar-refractivity contribution is -0.385. The molecule has 0 unspecified atom stereocenters. The Kier molecular flexibility index (Phi) is 4.18. The van der Waals surface area contributed by atoms with Crippen LogP contribution in [0.15, 0.2) is 18.3 Å². The van der Waals surface area contributed by atoms with Gasteiger partial charge in [0.1, 0.15) is 0 Å². The Morgan fingerprint density at radius 1 is 1.48 bits per heavy atom. The Morgan fingerprint density at radius 2 is 2.19 bits per heavy atom. The number of nitrogens with one attached hydrogen (secondary N) is 1. The van der Waals surface area contributed by atoms with E-state index in [0.717, 1.165) is 16.0 Å². The highest BCUT2D eigenvalue weighted by Gasteiger charge is 2.19. The first-order chi connectivity index (χ1) is 9.88. The Hall–Kier alpha value is -2.48. The average Bonchev–Trinajstić information content (AvgIpc) is 2.82. The van der Waals surface area contributed by atoms with Crippen molar-refractivity contribution >= 4 is 28.7 Å². The summed E-state index contributed by atoms with van der Waals surface area (Å²) in [6.45, 7) is 3.91. The summed E-state index contributed by atoms with van der Waals surface area (Å²) >= 11 is 1.51. The lowest BCUT2D eigenvalue weighted by Gasteiger charge is -2.10. The standard InChI is InChI=1S/C13H13N3O4S/c1-7-11(15-6-10-5-14-8(2)21-10)3-9(13(17)18)4-12(7)16(19)20/h3-5,15H,6H2,1-2H3,(H,17,18). The molecule has 1 aromatic carbocycles. The molecule has 0 aliphatic rings. The van der Waals surface area contributed by atoms with Crippen molar-refractivity contribution in [3.8, 4) is 0 Å². The van der Waals surface area contributed by atoms with Gasteiger partial charge in [-0.05, 0) is 19.9 Å². The van der Waals surface area contributed by atoms with Gasteiger partial charge < -0.3 is 10.4 Å². The van der Waals surface area contributed by atoms with Gasteiger partial charge in [-0.1, -0.05) is 0 Å². The van der Waals surface area contributed by atoms with Gasteiger partial charge >= 0.3 is 5.97 Å². The van der Waals surface area contributed by atoms with E-state index in [4.69, 9.17) is 5.11 Å². The summed E-state index contributed by atoms with van der Waals surface area (Å²) in [4.78, 5) is 26.6. The van der Waals surface area contributed by atoms with E-state index in [2.05, 4.69) is 10.3 Å². The van der Waals surface area contributed by atoms with Gasteiger partial charge in [0.15, 0.2) is 0 Å². The number of carboxylic acids is 1. The number of carbonyl (C=O) groups is 1. The summed E-state index contributed by atoms with van der Waals surface area (Å²) in [6, 6.07) is 2.47. The first-order valence-corrected chi connectivity index (χ1v) is 6.87. The van der Waals surface area contributed by atoms with Gasteiger partial charge in [0.25, 0.3) is 5.69 Å². The highest BCUT2D eigenvalue weighted by atomic mass is 32.1. The monoisotopic (exact) mass is 307 g/mol. The summed E-state index contributed by atoms with van der Waals surface area (Å²) in [7, 11) is 0. The number of aromatic carboxylic acids is 1. The molecular formula is C13H13N3O4S. The minimum Gasteiger partial charge on any atom is -0.478 e. The third-order valence-corrected chi connectivity index (χ3v) is 3.86. The maximum atomic E-state index is 11.1. The second kappa shape index (κ2) is 5.88. The van der Waals surface area contributed by atoms with Crippen LogP contribution in [-0.4, -0.2) is 21.0 Å². The van der Waals surface area contributed by atoms with Gasteiger partial charge in [-0.3, -0.25) is 10.1 Å². The molecular weight excluding hydrogens is 294 g/mol. The fourth-order valence-electron chi connectivity index (χ4n) is 1.87. The number of hydrogen-bond donors (Lipinski definition) is 2. The van der Waals surface area contributed by atoms with Crippen molar-refractivity contribution in [3.05, 3.63) is 49.5 Å². The molecule has 0 aliphatic heterocycles. The summed E-state index contributed by atoms with van der Waals surface area (Å²) in [5.74, 6) is -1.20. The molecule has 8 heteroatoms. The largest absolute Gasteiger partial charge is 0.478 e. The lowest BCUT2D eigenvalue weighted by Crippen LogP contribution is -2.06. The molecule has 2 aromatic rings. The number of thiazole rings is 1. The fraction of sp³-hybridized carbons (Fsp3) is 0.231. The predicted octanol–water partition coefficient (Wildman–Crippen LogP) is 2.98. The average molecular weight is 307 g/mol. The third kappa shape index (κ3) is 3.34. The first kappa shape index (κ1) is 14.9. The molecule has 0 spiro atoms. The molecule has 2 N–H and O–H groups in total. The van der Waals surface area contributed by atoms with Crippen LogP contribution in [0.3, 0.4) is 0 Å². The quantitative estimate of drug-likeness (QED) is 0.650. The van der Waals surface area contributed by atoms with Gasteiger partial charge in [0.05, 0.1) is 22.0 Å². The van der Waals surface area contributed by atoms with E-state index in [0.29, 0.717) is 17.8 Å². The van der Waals surface area contributed by atoms with Gasteiger partial charge in [0, 0.05) is 28.4 Å². The molecule has 0 atom stereocenters. The van der Waals surface area contributed by atoms with Crippen LogP contribution >= 0.6 is 11.3 Å². The minimum atomic E-state index is -1.20. The number of aromatic nitrogens is 1. The smallest absolute Gasteiger partial charge is 0.336 e. The van der Waals surface area contributed by atoms with Crippen LogP contribution in [0.25, 0.3) is 0 Å². The van der Waals surface area contributed by atoms with Crippen LogP contribution in [0.1, 0.15) is 25.8 Å². The maximum absolute atomic E-state index is 11.1. The van der Waals surface area contributed by atoms with E-state index in [-0.39, 0.29) is 11.3 Å². The number of benzene rings is 1. The second-order valence-electron chi connectivity index (χ2n) is 4.43. The second-order valence-corrected chi connectivity index (χ2v) is 5.75. The highest BCUT2D eigenvalue weighted by molar-refractivity contribution is 7.11. The van der Waals surface area contributed by atoms with Crippen LogP contribution in [0, 0.1) is 24.0 Å². The molecule has 110 valence electrons. The molecule has 0 bridgehead atoms.